The van der Waals surface area contributed by atoms with Gasteiger partial charge in [0.05, 0.1) is 31.2 Å². The summed E-state index contributed by atoms with van der Waals surface area (Å²) in [6.45, 7) is 0.530. The van der Waals surface area contributed by atoms with Crippen molar-refractivity contribution in [2.24, 2.45) is 11.3 Å². The zero-order valence-electron chi connectivity index (χ0n) is 19.1. The Morgan fingerprint density at radius 2 is 1.70 bits per heavy atom. The molecule has 1 aromatic carbocycles. The number of phenolic OH excluding ortho intramolecular Hbond substituents is 1. The van der Waals surface area contributed by atoms with Crippen molar-refractivity contribution in [3.8, 4) is 5.75 Å². The molecule has 0 unspecified atom stereocenters. The van der Waals surface area contributed by atoms with Crippen molar-refractivity contribution in [2.45, 2.75) is 44.6 Å². The Bertz CT molecular complexity index is 790. The Hall–Kier alpha value is -2.69. The van der Waals surface area contributed by atoms with Gasteiger partial charge in [-0.25, -0.2) is 4.79 Å². The lowest BCUT2D eigenvalue weighted by Crippen LogP contribution is -2.45. The number of aromatic hydroxyl groups is 1. The Morgan fingerprint density at radius 1 is 1.06 bits per heavy atom. The number of carboxylic acids is 2. The zero-order valence-corrected chi connectivity index (χ0v) is 19.1. The van der Waals surface area contributed by atoms with Crippen molar-refractivity contribution in [1.29, 1.82) is 0 Å². The first-order valence-corrected chi connectivity index (χ1v) is 10.9. The highest BCUT2D eigenvalue weighted by Gasteiger charge is 2.47. The van der Waals surface area contributed by atoms with Crippen LogP contribution in [0.4, 0.5) is 0 Å². The van der Waals surface area contributed by atoms with E-state index in [9.17, 15) is 29.7 Å². The molecule has 1 aliphatic carbocycles. The minimum absolute atomic E-state index is 0.0531. The summed E-state index contributed by atoms with van der Waals surface area (Å²) < 4.78 is 10.3. The lowest BCUT2D eigenvalue weighted by Gasteiger charge is -2.32. The topological polar surface area (TPSA) is 143 Å². The van der Waals surface area contributed by atoms with E-state index in [-0.39, 0.29) is 31.8 Å². The van der Waals surface area contributed by atoms with Gasteiger partial charge in [-0.15, -0.1) is 5.06 Å². The molecule has 1 aliphatic rings. The second-order valence-corrected chi connectivity index (χ2v) is 8.44. The number of rotatable bonds is 14. The van der Waals surface area contributed by atoms with Crippen molar-refractivity contribution in [3.63, 3.8) is 0 Å². The highest BCUT2D eigenvalue weighted by molar-refractivity contribution is 5.79. The number of hydrogen-bond acceptors (Lipinski definition) is 8. The van der Waals surface area contributed by atoms with Gasteiger partial charge in [-0.3, -0.25) is 9.59 Å². The summed E-state index contributed by atoms with van der Waals surface area (Å²) in [5.74, 6) is -3.69. The molecule has 0 heterocycles. The molecule has 0 spiro atoms. The first-order valence-electron chi connectivity index (χ1n) is 10.9. The maximum atomic E-state index is 13.2. The largest absolute Gasteiger partial charge is 0.508 e. The molecule has 0 aromatic heterocycles. The van der Waals surface area contributed by atoms with Crippen LogP contribution in [0.15, 0.2) is 24.3 Å². The monoisotopic (exact) mass is 467 g/mol. The third-order valence-electron chi connectivity index (χ3n) is 6.05. The Balaban J connectivity index is 2.09. The molecule has 1 saturated carbocycles. The summed E-state index contributed by atoms with van der Waals surface area (Å²) in [7, 11) is 2.90. The molecule has 0 saturated heterocycles. The lowest BCUT2D eigenvalue weighted by atomic mass is 9.78. The fraction of sp³-hybridized carbons (Fsp3) is 0.609. The third kappa shape index (κ3) is 7.69. The van der Waals surface area contributed by atoms with Crippen LogP contribution >= 0.6 is 0 Å². The van der Waals surface area contributed by atoms with Crippen molar-refractivity contribution in [3.05, 3.63) is 29.8 Å². The van der Waals surface area contributed by atoms with E-state index in [1.165, 1.54) is 26.3 Å². The van der Waals surface area contributed by atoms with Gasteiger partial charge < -0.3 is 29.6 Å². The summed E-state index contributed by atoms with van der Waals surface area (Å²) in [5.41, 5.74) is -0.360. The number of carboxylic acid groups (broad SMARTS) is 2. The first-order chi connectivity index (χ1) is 15.7. The Morgan fingerprint density at radius 3 is 2.24 bits per heavy atom. The molecule has 2 rings (SSSR count). The van der Waals surface area contributed by atoms with Crippen LogP contribution in [0.5, 0.6) is 5.75 Å². The number of carbonyl (C=O) groups excluding carboxylic acids is 1. The van der Waals surface area contributed by atoms with E-state index >= 15 is 0 Å². The van der Waals surface area contributed by atoms with Crippen LogP contribution in [0.1, 0.15) is 37.7 Å². The van der Waals surface area contributed by atoms with Gasteiger partial charge >= 0.3 is 17.9 Å². The molecular weight excluding hydrogens is 434 g/mol. The second kappa shape index (κ2) is 12.5. The number of likely N-dealkylation sites (N-methyl/N-ethyl adjacent to an activating group) is 1. The highest BCUT2D eigenvalue weighted by atomic mass is 16.7. The maximum absolute atomic E-state index is 13.2. The lowest BCUT2D eigenvalue weighted by molar-refractivity contribution is -0.210. The molecule has 10 heteroatoms. The van der Waals surface area contributed by atoms with Crippen molar-refractivity contribution in [2.75, 3.05) is 34.0 Å². The summed E-state index contributed by atoms with van der Waals surface area (Å²) in [6, 6.07) is 4.95. The molecule has 1 fully saturated rings. The smallest absolute Gasteiger partial charge is 0.331 e. The Labute approximate surface area is 193 Å². The average Bonchev–Trinajstić information content (AvgIpc) is 3.25. The molecule has 1 aromatic rings. The second-order valence-electron chi connectivity index (χ2n) is 8.44. The number of hydrogen-bond donors (Lipinski definition) is 3. The average molecular weight is 468 g/mol. The number of benzene rings is 1. The van der Waals surface area contributed by atoms with E-state index in [0.29, 0.717) is 25.0 Å². The summed E-state index contributed by atoms with van der Waals surface area (Å²) in [6.07, 6.45) is 2.56. The highest BCUT2D eigenvalue weighted by Crippen LogP contribution is 2.44. The van der Waals surface area contributed by atoms with Crippen LogP contribution in [0.2, 0.25) is 0 Å². The van der Waals surface area contributed by atoms with Crippen LogP contribution < -0.4 is 0 Å². The molecule has 2 atom stereocenters. The quantitative estimate of drug-likeness (QED) is 0.275. The molecule has 33 heavy (non-hydrogen) atoms. The van der Waals surface area contributed by atoms with E-state index in [1.54, 1.807) is 12.1 Å². The molecule has 10 nitrogen and oxygen atoms in total. The van der Waals surface area contributed by atoms with Crippen LogP contribution in [0, 0.1) is 11.3 Å². The minimum atomic E-state index is -1.17. The fourth-order valence-corrected chi connectivity index (χ4v) is 4.12. The van der Waals surface area contributed by atoms with Gasteiger partial charge in [0.25, 0.3) is 0 Å². The van der Waals surface area contributed by atoms with Crippen LogP contribution in [0.3, 0.4) is 0 Å². The SMILES string of the molecule is COCCOC[C@H](CC1(C(=O)ON(C)[C@@H](Cc2ccc(O)cc2)C(=O)O)CCCC1)C(=O)O. The number of hydroxylamine groups is 2. The van der Waals surface area contributed by atoms with Gasteiger partial charge in [0.1, 0.15) is 11.8 Å². The Kier molecular flexibility index (Phi) is 10.1. The molecule has 3 N–H and O–H groups in total. The number of nitrogens with zero attached hydrogens (tertiary/aromatic N) is 1. The molecule has 0 radical (unpaired) electrons. The van der Waals surface area contributed by atoms with Crippen molar-refractivity contribution >= 4 is 17.9 Å². The number of methoxy groups -OCH3 is 1. The van der Waals surface area contributed by atoms with Gasteiger partial charge in [-0.2, -0.15) is 0 Å². The van der Waals surface area contributed by atoms with Gasteiger partial charge in [-0.05, 0) is 37.0 Å². The number of phenols is 1. The first kappa shape index (κ1) is 26.6. The summed E-state index contributed by atoms with van der Waals surface area (Å²) in [4.78, 5) is 42.3. The molecule has 184 valence electrons. The third-order valence-corrected chi connectivity index (χ3v) is 6.05. The van der Waals surface area contributed by atoms with E-state index in [1.807, 2.05) is 0 Å². The number of carbonyl (C=O) groups is 3. The van der Waals surface area contributed by atoms with Gasteiger partial charge in [0, 0.05) is 20.6 Å². The van der Waals surface area contributed by atoms with Crippen LogP contribution in [0.25, 0.3) is 0 Å². The normalized spacial score (nSPS) is 16.9. The number of aliphatic carboxylic acids is 2. The van der Waals surface area contributed by atoms with Crippen LogP contribution in [-0.2, 0) is 35.1 Å². The van der Waals surface area contributed by atoms with Crippen molar-refractivity contribution < 1.29 is 44.0 Å². The van der Waals surface area contributed by atoms with Gasteiger partial charge in [-0.1, -0.05) is 25.0 Å². The van der Waals surface area contributed by atoms with Gasteiger partial charge in [0.2, 0.25) is 0 Å². The van der Waals surface area contributed by atoms with Gasteiger partial charge in [0.15, 0.2) is 0 Å². The fourth-order valence-electron chi connectivity index (χ4n) is 4.12. The summed E-state index contributed by atoms with van der Waals surface area (Å²) in [5, 5.41) is 29.8. The van der Waals surface area contributed by atoms with E-state index in [0.717, 1.165) is 17.9 Å². The van der Waals surface area contributed by atoms with E-state index in [4.69, 9.17) is 14.3 Å². The van der Waals surface area contributed by atoms with E-state index in [2.05, 4.69) is 0 Å². The predicted octanol–water partition coefficient (Wildman–Crippen LogP) is 2.09. The van der Waals surface area contributed by atoms with E-state index < -0.39 is 35.3 Å². The molecular formula is C23H33NO9. The van der Waals surface area contributed by atoms with Crippen LogP contribution in [-0.4, -0.2) is 78.3 Å². The summed E-state index contributed by atoms with van der Waals surface area (Å²) >= 11 is 0. The molecule has 0 amide bonds. The maximum Gasteiger partial charge on any atom is 0.331 e. The standard InChI is InChI=1S/C23H33NO9/c1-24(19(21(28)29)13-16-5-7-18(25)8-6-16)33-22(30)23(9-3-4-10-23)14-17(20(26)27)15-32-12-11-31-2/h5-8,17,19,25H,3-4,9-15H2,1-2H3,(H,26,27)(H,28,29)/t17-,19-/m0/s1. The predicted molar refractivity (Wildman–Crippen MR) is 116 cm³/mol. The zero-order chi connectivity index (χ0) is 24.4. The molecule has 0 aliphatic heterocycles. The van der Waals surface area contributed by atoms with Crippen molar-refractivity contribution in [1.82, 2.24) is 5.06 Å². The molecule has 0 bridgehead atoms. The number of ether oxygens (including phenoxy) is 2. The minimum Gasteiger partial charge on any atom is -0.508 e.